The number of para-hydroxylation sites is 1. The quantitative estimate of drug-likeness (QED) is 0.159. The maximum atomic E-state index is 5.36. The van der Waals surface area contributed by atoms with Crippen molar-refractivity contribution in [3.8, 4) is 0 Å². The molecule has 0 aliphatic carbocycles. The summed E-state index contributed by atoms with van der Waals surface area (Å²) < 4.78 is 5.36. The van der Waals surface area contributed by atoms with Crippen LogP contribution >= 0.6 is 0 Å². The summed E-state index contributed by atoms with van der Waals surface area (Å²) in [4.78, 5) is 2.52. The largest absolute Gasteiger partial charge is 0.378 e. The Balaban J connectivity index is 1.64. The molecular formula is C33H39NO. The topological polar surface area (TPSA) is 12.5 Å². The summed E-state index contributed by atoms with van der Waals surface area (Å²) in [5, 5.41) is 0. The number of hydrogen-bond acceptors (Lipinski definition) is 2. The molecule has 2 nitrogen and oxygen atoms in total. The molecular weight excluding hydrogens is 426 g/mol. The Kier molecular flexibility index (Phi) is 10.6. The number of rotatable bonds is 14. The smallest absolute Gasteiger partial charge is 0.0647 e. The number of fused-ring (bicyclic) bond motifs is 1. The minimum atomic E-state index is 0.387. The third kappa shape index (κ3) is 7.83. The molecule has 1 aliphatic rings. The van der Waals surface area contributed by atoms with Crippen LogP contribution in [0.4, 0.5) is 5.69 Å². The predicted octanol–water partition coefficient (Wildman–Crippen LogP) is 8.12. The van der Waals surface area contributed by atoms with Crippen LogP contribution in [-0.4, -0.2) is 25.8 Å². The first-order valence-electron chi connectivity index (χ1n) is 12.6. The lowest BCUT2D eigenvalue weighted by molar-refractivity contribution is 0.177. The van der Waals surface area contributed by atoms with E-state index in [1.807, 2.05) is 19.1 Å². The highest BCUT2D eigenvalue weighted by Crippen LogP contribution is 2.35. The number of hydrogen-bond donors (Lipinski definition) is 0. The average Bonchev–Trinajstić information content (AvgIpc) is 3.22. The van der Waals surface area contributed by atoms with Gasteiger partial charge in [0.25, 0.3) is 0 Å². The van der Waals surface area contributed by atoms with Crippen LogP contribution in [-0.2, 0) is 11.2 Å². The van der Waals surface area contributed by atoms with E-state index in [0.717, 1.165) is 50.0 Å². The van der Waals surface area contributed by atoms with Crippen LogP contribution < -0.4 is 4.90 Å². The molecule has 1 heterocycles. The lowest BCUT2D eigenvalue weighted by Crippen LogP contribution is -2.32. The molecule has 0 amide bonds. The van der Waals surface area contributed by atoms with Gasteiger partial charge in [-0.3, -0.25) is 0 Å². The maximum absolute atomic E-state index is 5.36. The predicted molar refractivity (Wildman–Crippen MR) is 153 cm³/mol. The lowest BCUT2D eigenvalue weighted by Gasteiger charge is -2.27. The van der Waals surface area contributed by atoms with Crippen molar-refractivity contribution >= 4 is 11.3 Å². The van der Waals surface area contributed by atoms with Crippen molar-refractivity contribution < 1.29 is 4.74 Å². The fourth-order valence-electron chi connectivity index (χ4n) is 4.49. The molecule has 0 bridgehead atoms. The standard InChI is InChI=1S/C33H39NO/c1-5-16-29(30-18-10-7-11-19-30)21-15-23-34-32(26-31-20-12-13-22-33(31)34)25-28(4)27(3)17-9-8-14-24-35-6-2/h5,7-8,10-16,18-22,32H,1,3-4,6,9,17,23-26H2,2H3/b14-8-,21-15-,29-16+. The van der Waals surface area contributed by atoms with Crippen LogP contribution in [0.15, 0.2) is 122 Å². The van der Waals surface area contributed by atoms with Crippen molar-refractivity contribution in [1.82, 2.24) is 0 Å². The highest BCUT2D eigenvalue weighted by molar-refractivity contribution is 5.75. The Morgan fingerprint density at radius 2 is 1.77 bits per heavy atom. The molecule has 0 radical (unpaired) electrons. The minimum absolute atomic E-state index is 0.387. The van der Waals surface area contributed by atoms with Gasteiger partial charge in [-0.2, -0.15) is 0 Å². The maximum Gasteiger partial charge on any atom is 0.0647 e. The monoisotopic (exact) mass is 465 g/mol. The van der Waals surface area contributed by atoms with E-state index in [1.165, 1.54) is 22.4 Å². The second kappa shape index (κ2) is 14.1. The summed E-state index contributed by atoms with van der Waals surface area (Å²) in [6, 6.07) is 19.6. The zero-order valence-corrected chi connectivity index (χ0v) is 21.2. The van der Waals surface area contributed by atoms with Crippen molar-refractivity contribution in [2.24, 2.45) is 0 Å². The van der Waals surface area contributed by atoms with Gasteiger partial charge in [-0.05, 0) is 55.4 Å². The van der Waals surface area contributed by atoms with Crippen molar-refractivity contribution in [3.63, 3.8) is 0 Å². The van der Waals surface area contributed by atoms with E-state index in [0.29, 0.717) is 12.6 Å². The van der Waals surface area contributed by atoms with E-state index < -0.39 is 0 Å². The number of nitrogens with zero attached hydrogens (tertiary/aromatic N) is 1. The van der Waals surface area contributed by atoms with E-state index in [9.17, 15) is 0 Å². The number of anilines is 1. The molecule has 0 N–H and O–H groups in total. The van der Waals surface area contributed by atoms with Gasteiger partial charge in [0.1, 0.15) is 0 Å². The zero-order chi connectivity index (χ0) is 24.9. The van der Waals surface area contributed by atoms with Crippen LogP contribution in [0.2, 0.25) is 0 Å². The summed E-state index contributed by atoms with van der Waals surface area (Å²) in [6.07, 6.45) is 16.5. The molecule has 0 fully saturated rings. The molecule has 2 aromatic rings. The third-order valence-electron chi connectivity index (χ3n) is 6.38. The first kappa shape index (κ1) is 26.2. The normalized spacial score (nSPS) is 15.6. The summed E-state index contributed by atoms with van der Waals surface area (Å²) in [7, 11) is 0. The van der Waals surface area contributed by atoms with Crippen LogP contribution in [0.25, 0.3) is 5.57 Å². The average molecular weight is 466 g/mol. The number of benzene rings is 2. The summed E-state index contributed by atoms with van der Waals surface area (Å²) in [5.41, 5.74) is 7.41. The second-order valence-electron chi connectivity index (χ2n) is 8.85. The van der Waals surface area contributed by atoms with E-state index in [-0.39, 0.29) is 0 Å². The summed E-state index contributed by atoms with van der Waals surface area (Å²) >= 11 is 0. The summed E-state index contributed by atoms with van der Waals surface area (Å²) in [5.74, 6) is 0. The minimum Gasteiger partial charge on any atom is -0.378 e. The third-order valence-corrected chi connectivity index (χ3v) is 6.38. The van der Waals surface area contributed by atoms with Crippen LogP contribution in [0.1, 0.15) is 37.3 Å². The fraction of sp³-hybridized carbons (Fsp3) is 0.273. The van der Waals surface area contributed by atoms with Crippen molar-refractivity contribution in [2.45, 2.75) is 38.6 Å². The number of ether oxygens (including phenoxy) is 1. The first-order valence-corrected chi connectivity index (χ1v) is 12.6. The van der Waals surface area contributed by atoms with Gasteiger partial charge in [0.05, 0.1) is 6.61 Å². The Morgan fingerprint density at radius 1 is 1.00 bits per heavy atom. The first-order chi connectivity index (χ1) is 17.1. The van der Waals surface area contributed by atoms with Crippen LogP contribution in [0.5, 0.6) is 0 Å². The van der Waals surface area contributed by atoms with Crippen molar-refractivity contribution in [2.75, 3.05) is 24.7 Å². The molecule has 182 valence electrons. The molecule has 1 unspecified atom stereocenters. The molecule has 1 atom stereocenters. The van der Waals surface area contributed by atoms with Gasteiger partial charge in [-0.15, -0.1) is 0 Å². The van der Waals surface area contributed by atoms with E-state index in [1.54, 1.807) is 0 Å². The molecule has 1 aliphatic heterocycles. The molecule has 0 spiro atoms. The van der Waals surface area contributed by atoms with E-state index >= 15 is 0 Å². The van der Waals surface area contributed by atoms with Gasteiger partial charge in [-0.1, -0.05) is 116 Å². The van der Waals surface area contributed by atoms with Gasteiger partial charge in [-0.25, -0.2) is 0 Å². The lowest BCUT2D eigenvalue weighted by atomic mass is 9.96. The molecule has 35 heavy (non-hydrogen) atoms. The molecule has 0 saturated heterocycles. The Labute approximate surface area is 212 Å². The van der Waals surface area contributed by atoms with Crippen molar-refractivity contribution in [1.29, 1.82) is 0 Å². The molecule has 2 aromatic carbocycles. The highest BCUT2D eigenvalue weighted by Gasteiger charge is 2.28. The van der Waals surface area contributed by atoms with Crippen molar-refractivity contribution in [3.05, 3.63) is 133 Å². The van der Waals surface area contributed by atoms with Crippen LogP contribution in [0.3, 0.4) is 0 Å². The molecule has 2 heteroatoms. The molecule has 0 aromatic heterocycles. The number of allylic oxidation sites excluding steroid dienone is 6. The zero-order valence-electron chi connectivity index (χ0n) is 21.2. The Hall–Kier alpha value is -3.36. The molecule has 3 rings (SSSR count). The van der Waals surface area contributed by atoms with Gasteiger partial charge in [0.2, 0.25) is 0 Å². The van der Waals surface area contributed by atoms with Crippen LogP contribution in [0, 0.1) is 0 Å². The van der Waals surface area contributed by atoms with E-state index in [2.05, 4.69) is 104 Å². The van der Waals surface area contributed by atoms with E-state index in [4.69, 9.17) is 4.74 Å². The van der Waals surface area contributed by atoms with Gasteiger partial charge in [0.15, 0.2) is 0 Å². The van der Waals surface area contributed by atoms with Gasteiger partial charge < -0.3 is 9.64 Å². The summed E-state index contributed by atoms with van der Waals surface area (Å²) in [6.45, 7) is 16.9. The highest BCUT2D eigenvalue weighted by atomic mass is 16.5. The Bertz CT molecular complexity index is 1070. The van der Waals surface area contributed by atoms with Gasteiger partial charge >= 0.3 is 0 Å². The molecule has 0 saturated carbocycles. The SMILES string of the molecule is C=C/C=C(\C=C/CN1c2ccccc2CC1CC(=C)C(=C)CC/C=C\COCC)c1ccccc1. The Morgan fingerprint density at radius 3 is 2.54 bits per heavy atom. The van der Waals surface area contributed by atoms with Gasteiger partial charge in [0, 0.05) is 24.9 Å². The fourth-order valence-corrected chi connectivity index (χ4v) is 4.49. The second-order valence-corrected chi connectivity index (χ2v) is 8.85.